The first kappa shape index (κ1) is 16.2. The lowest BCUT2D eigenvalue weighted by Crippen LogP contribution is -2.46. The summed E-state index contributed by atoms with van der Waals surface area (Å²) in [4.78, 5) is 11.3. The number of rotatable bonds is 5. The van der Waals surface area contributed by atoms with Gasteiger partial charge in [0.25, 0.3) is 0 Å². The van der Waals surface area contributed by atoms with Crippen molar-refractivity contribution >= 4 is 5.97 Å². The van der Waals surface area contributed by atoms with Crippen LogP contribution in [0, 0.1) is 0 Å². The lowest BCUT2D eigenvalue weighted by Gasteiger charge is -2.14. The van der Waals surface area contributed by atoms with Gasteiger partial charge in [-0.05, 0) is 11.1 Å². The second-order valence-corrected chi connectivity index (χ2v) is 6.25. The minimum atomic E-state index is -0.804. The molecule has 0 saturated carbocycles. The second-order valence-electron chi connectivity index (χ2n) is 6.25. The third-order valence-electron chi connectivity index (χ3n) is 3.81. The zero-order valence-corrected chi connectivity index (χ0v) is 13.7. The number of aromatic nitrogens is 1. The minimum absolute atomic E-state index is 0.0100. The molecule has 1 N–H and O–H groups in total. The number of benzene rings is 1. The molecule has 0 aliphatic heterocycles. The highest BCUT2D eigenvalue weighted by molar-refractivity contribution is 5.66. The molecule has 0 radical (unpaired) electrons. The van der Waals surface area contributed by atoms with E-state index in [1.54, 1.807) is 0 Å². The summed E-state index contributed by atoms with van der Waals surface area (Å²) < 4.78 is 1.95. The summed E-state index contributed by atoms with van der Waals surface area (Å²) in [5.41, 5.74) is 4.43. The van der Waals surface area contributed by atoms with Crippen LogP contribution in [0.3, 0.4) is 0 Å². The number of aliphatic carboxylic acids is 1. The van der Waals surface area contributed by atoms with Gasteiger partial charge >= 0.3 is 5.97 Å². The fraction of sp³-hybridized carbons (Fsp3) is 0.368. The molecule has 0 bridgehead atoms. The fourth-order valence-electron chi connectivity index (χ4n) is 2.74. The molecule has 22 heavy (non-hydrogen) atoms. The second kappa shape index (κ2) is 6.73. The summed E-state index contributed by atoms with van der Waals surface area (Å²) in [7, 11) is 0. The number of carbonyl (C=O) groups is 1. The monoisotopic (exact) mass is 298 g/mol. The molecule has 1 heterocycles. The molecule has 2 aromatic rings. The highest BCUT2D eigenvalue weighted by atomic mass is 16.4. The van der Waals surface area contributed by atoms with Crippen molar-refractivity contribution in [3.63, 3.8) is 0 Å². The zero-order chi connectivity index (χ0) is 16.3. The van der Waals surface area contributed by atoms with E-state index in [9.17, 15) is 9.90 Å². The number of hydrogen-bond acceptors (Lipinski definition) is 1. The Kier molecular flexibility index (Phi) is 4.96. The Bertz CT molecular complexity index is 631. The van der Waals surface area contributed by atoms with Gasteiger partial charge in [-0.25, -0.2) is 4.79 Å². The standard InChI is InChI=1S/C19H23NO2/c1-13(2)17-10-16(15-8-6-5-7-9-15)11-18(14(3)4)20(17)12-19(21)22/h5-11,13-14H,12H2,1-4H3/p+1. The van der Waals surface area contributed by atoms with Crippen molar-refractivity contribution in [1.29, 1.82) is 0 Å². The molecule has 0 unspecified atom stereocenters. The van der Waals surface area contributed by atoms with Crippen molar-refractivity contribution in [2.45, 2.75) is 46.1 Å². The largest absolute Gasteiger partial charge is 0.477 e. The first-order chi connectivity index (χ1) is 10.4. The van der Waals surface area contributed by atoms with Crippen molar-refractivity contribution in [1.82, 2.24) is 0 Å². The van der Waals surface area contributed by atoms with Gasteiger partial charge in [0, 0.05) is 24.0 Å². The van der Waals surface area contributed by atoms with Crippen LogP contribution >= 0.6 is 0 Å². The first-order valence-electron chi connectivity index (χ1n) is 7.75. The molecule has 0 aliphatic rings. The van der Waals surface area contributed by atoms with E-state index in [1.807, 2.05) is 22.8 Å². The summed E-state index contributed by atoms with van der Waals surface area (Å²) in [5.74, 6) is -0.276. The minimum Gasteiger partial charge on any atom is -0.477 e. The van der Waals surface area contributed by atoms with Crippen molar-refractivity contribution in [3.05, 3.63) is 53.9 Å². The average Bonchev–Trinajstić information content (AvgIpc) is 2.47. The van der Waals surface area contributed by atoms with E-state index in [-0.39, 0.29) is 18.4 Å². The Balaban J connectivity index is 2.67. The normalized spacial score (nSPS) is 11.2. The van der Waals surface area contributed by atoms with E-state index in [0.717, 1.165) is 22.5 Å². The van der Waals surface area contributed by atoms with Crippen molar-refractivity contribution in [2.24, 2.45) is 0 Å². The highest BCUT2D eigenvalue weighted by Gasteiger charge is 2.25. The smallest absolute Gasteiger partial charge is 0.370 e. The molecule has 0 atom stereocenters. The Morgan fingerprint density at radius 1 is 0.955 bits per heavy atom. The van der Waals surface area contributed by atoms with Crippen molar-refractivity contribution in [3.8, 4) is 11.1 Å². The number of carboxylic acids is 1. The van der Waals surface area contributed by atoms with Crippen LogP contribution in [0.1, 0.15) is 50.9 Å². The van der Waals surface area contributed by atoms with E-state index in [0.29, 0.717) is 0 Å². The van der Waals surface area contributed by atoms with E-state index < -0.39 is 5.97 Å². The quantitative estimate of drug-likeness (QED) is 0.848. The SMILES string of the molecule is CC(C)c1cc(-c2ccccc2)cc(C(C)C)[n+]1CC(=O)O. The maximum absolute atomic E-state index is 11.3. The van der Waals surface area contributed by atoms with E-state index in [4.69, 9.17) is 0 Å². The van der Waals surface area contributed by atoms with Gasteiger partial charge in [0.05, 0.1) is 0 Å². The Hall–Kier alpha value is -2.16. The van der Waals surface area contributed by atoms with Crippen LogP contribution in [-0.4, -0.2) is 11.1 Å². The van der Waals surface area contributed by atoms with Crippen LogP contribution in [0.5, 0.6) is 0 Å². The topological polar surface area (TPSA) is 41.2 Å². The average molecular weight is 298 g/mol. The van der Waals surface area contributed by atoms with E-state index in [1.165, 1.54) is 0 Å². The first-order valence-corrected chi connectivity index (χ1v) is 7.75. The van der Waals surface area contributed by atoms with Gasteiger partial charge in [-0.1, -0.05) is 58.0 Å². The molecule has 1 aromatic carbocycles. The number of carboxylic acid groups (broad SMARTS) is 1. The van der Waals surface area contributed by atoms with Gasteiger partial charge in [-0.3, -0.25) is 0 Å². The summed E-state index contributed by atoms with van der Waals surface area (Å²) in [6.07, 6.45) is 0. The Morgan fingerprint density at radius 3 is 1.86 bits per heavy atom. The maximum atomic E-state index is 11.3. The molecular formula is C19H24NO2+. The van der Waals surface area contributed by atoms with Crippen molar-refractivity contribution < 1.29 is 14.5 Å². The van der Waals surface area contributed by atoms with Crippen LogP contribution < -0.4 is 4.57 Å². The summed E-state index contributed by atoms with van der Waals surface area (Å²) in [5, 5.41) is 9.24. The molecule has 0 amide bonds. The van der Waals surface area contributed by atoms with Gasteiger partial charge < -0.3 is 5.11 Å². The number of pyridine rings is 1. The van der Waals surface area contributed by atoms with E-state index in [2.05, 4.69) is 52.0 Å². The maximum Gasteiger partial charge on any atom is 0.370 e. The summed E-state index contributed by atoms with van der Waals surface area (Å²) in [6.45, 7) is 8.42. The highest BCUT2D eigenvalue weighted by Crippen LogP contribution is 2.25. The van der Waals surface area contributed by atoms with E-state index >= 15 is 0 Å². The van der Waals surface area contributed by atoms with Crippen LogP contribution in [0.15, 0.2) is 42.5 Å². The molecule has 1 aromatic heterocycles. The Labute approximate surface area is 132 Å². The molecule has 2 rings (SSSR count). The van der Waals surface area contributed by atoms with Crippen LogP contribution in [0.2, 0.25) is 0 Å². The molecule has 116 valence electrons. The van der Waals surface area contributed by atoms with Gasteiger partial charge in [0.1, 0.15) is 0 Å². The van der Waals surface area contributed by atoms with Gasteiger partial charge in [-0.15, -0.1) is 0 Å². The molecule has 3 nitrogen and oxygen atoms in total. The predicted molar refractivity (Wildman–Crippen MR) is 87.9 cm³/mol. The Morgan fingerprint density at radius 2 is 1.45 bits per heavy atom. The third-order valence-corrected chi connectivity index (χ3v) is 3.81. The molecule has 0 saturated heterocycles. The summed E-state index contributed by atoms with van der Waals surface area (Å²) in [6, 6.07) is 14.5. The zero-order valence-electron chi connectivity index (χ0n) is 13.7. The molecule has 3 heteroatoms. The fourth-order valence-corrected chi connectivity index (χ4v) is 2.74. The molecular weight excluding hydrogens is 274 g/mol. The van der Waals surface area contributed by atoms with Gasteiger partial charge in [0.2, 0.25) is 6.54 Å². The molecule has 0 fully saturated rings. The summed E-state index contributed by atoms with van der Waals surface area (Å²) >= 11 is 0. The predicted octanol–water partition coefficient (Wildman–Crippen LogP) is 3.97. The van der Waals surface area contributed by atoms with Gasteiger partial charge in [-0.2, -0.15) is 4.57 Å². The van der Waals surface area contributed by atoms with Crippen LogP contribution in [0.4, 0.5) is 0 Å². The van der Waals surface area contributed by atoms with Crippen molar-refractivity contribution in [2.75, 3.05) is 0 Å². The number of hydrogen-bond donors (Lipinski definition) is 1. The van der Waals surface area contributed by atoms with Crippen LogP contribution in [-0.2, 0) is 11.3 Å². The lowest BCUT2D eigenvalue weighted by atomic mass is 9.97. The van der Waals surface area contributed by atoms with Gasteiger partial charge in [0.15, 0.2) is 11.4 Å². The lowest BCUT2D eigenvalue weighted by molar-refractivity contribution is -0.702. The molecule has 0 spiro atoms. The number of nitrogens with zero attached hydrogens (tertiary/aromatic N) is 1. The van der Waals surface area contributed by atoms with Crippen LogP contribution in [0.25, 0.3) is 11.1 Å². The molecule has 0 aliphatic carbocycles. The third kappa shape index (κ3) is 3.53.